The summed E-state index contributed by atoms with van der Waals surface area (Å²) in [7, 11) is 0. The van der Waals surface area contributed by atoms with E-state index in [1.54, 1.807) is 6.07 Å². The lowest BCUT2D eigenvalue weighted by Gasteiger charge is -2.20. The lowest BCUT2D eigenvalue weighted by atomic mass is 10.1. The summed E-state index contributed by atoms with van der Waals surface area (Å²) in [5.41, 5.74) is 2.62. The highest BCUT2D eigenvalue weighted by atomic mass is 16.6. The van der Waals surface area contributed by atoms with E-state index in [0.29, 0.717) is 11.5 Å². The summed E-state index contributed by atoms with van der Waals surface area (Å²) >= 11 is 0. The molecular formula is C22H20O3. The molecule has 3 nitrogen and oxygen atoms in total. The molecule has 0 aromatic heterocycles. The van der Waals surface area contributed by atoms with Crippen molar-refractivity contribution in [2.24, 2.45) is 0 Å². The summed E-state index contributed by atoms with van der Waals surface area (Å²) in [6.45, 7) is 3.85. The molecule has 3 aromatic rings. The van der Waals surface area contributed by atoms with E-state index in [0.717, 1.165) is 16.7 Å². The number of aryl methyl sites for hydroxylation is 2. The first-order valence-electron chi connectivity index (χ1n) is 8.19. The summed E-state index contributed by atoms with van der Waals surface area (Å²) in [5, 5.41) is 0. The van der Waals surface area contributed by atoms with Gasteiger partial charge in [-0.2, -0.15) is 0 Å². The zero-order valence-electron chi connectivity index (χ0n) is 14.3. The van der Waals surface area contributed by atoms with Gasteiger partial charge in [-0.05, 0) is 37.1 Å². The molecule has 0 aliphatic carbocycles. The van der Waals surface area contributed by atoms with Crippen molar-refractivity contribution in [1.82, 2.24) is 0 Å². The first kappa shape index (κ1) is 16.8. The molecule has 0 saturated carbocycles. The third-order valence-electron chi connectivity index (χ3n) is 3.96. The number of hydrogen-bond donors (Lipinski definition) is 0. The van der Waals surface area contributed by atoms with Crippen LogP contribution in [0.15, 0.2) is 78.9 Å². The van der Waals surface area contributed by atoms with Gasteiger partial charge in [0.2, 0.25) is 6.10 Å². The number of rotatable bonds is 5. The van der Waals surface area contributed by atoms with Gasteiger partial charge in [0.1, 0.15) is 11.5 Å². The van der Waals surface area contributed by atoms with Gasteiger partial charge in [0.25, 0.3) is 0 Å². The third-order valence-corrected chi connectivity index (χ3v) is 3.96. The Morgan fingerprint density at radius 3 is 1.84 bits per heavy atom. The third kappa shape index (κ3) is 4.07. The van der Waals surface area contributed by atoms with E-state index in [1.807, 2.05) is 86.6 Å². The fraction of sp³-hybridized carbons (Fsp3) is 0.136. The van der Waals surface area contributed by atoms with Crippen molar-refractivity contribution in [3.8, 4) is 11.5 Å². The lowest BCUT2D eigenvalue weighted by molar-refractivity contribution is -0.142. The molecule has 25 heavy (non-hydrogen) atoms. The van der Waals surface area contributed by atoms with Gasteiger partial charge >= 0.3 is 5.97 Å². The lowest BCUT2D eigenvalue weighted by Crippen LogP contribution is -2.24. The summed E-state index contributed by atoms with van der Waals surface area (Å²) < 4.78 is 11.6. The molecule has 0 aliphatic heterocycles. The highest BCUT2D eigenvalue weighted by Crippen LogP contribution is 2.27. The Morgan fingerprint density at radius 1 is 0.720 bits per heavy atom. The molecule has 3 rings (SSSR count). The van der Waals surface area contributed by atoms with Crippen molar-refractivity contribution in [3.05, 3.63) is 95.6 Å². The van der Waals surface area contributed by atoms with Gasteiger partial charge in [0.05, 0.1) is 0 Å². The number of hydrogen-bond acceptors (Lipinski definition) is 3. The summed E-state index contributed by atoms with van der Waals surface area (Å²) in [5.74, 6) is 0.767. The second kappa shape index (κ2) is 7.67. The number of para-hydroxylation sites is 2. The Kier molecular flexibility index (Phi) is 5.14. The zero-order chi connectivity index (χ0) is 17.6. The number of benzene rings is 3. The first-order valence-corrected chi connectivity index (χ1v) is 8.19. The highest BCUT2D eigenvalue weighted by Gasteiger charge is 2.26. The van der Waals surface area contributed by atoms with Crippen LogP contribution in [0.5, 0.6) is 11.5 Å². The van der Waals surface area contributed by atoms with E-state index in [-0.39, 0.29) is 0 Å². The van der Waals surface area contributed by atoms with Crippen LogP contribution >= 0.6 is 0 Å². The summed E-state index contributed by atoms with van der Waals surface area (Å²) in [6.07, 6.45) is -0.832. The van der Waals surface area contributed by atoms with E-state index in [4.69, 9.17) is 9.47 Å². The molecule has 0 saturated heterocycles. The fourth-order valence-corrected chi connectivity index (χ4v) is 2.53. The molecule has 1 atom stereocenters. The minimum atomic E-state index is -0.832. The molecule has 3 aromatic carbocycles. The SMILES string of the molecule is Cc1ccccc1OC(=O)[C@H](Oc1ccccc1C)c1ccccc1. The Balaban J connectivity index is 1.90. The monoisotopic (exact) mass is 332 g/mol. The highest BCUT2D eigenvalue weighted by molar-refractivity contribution is 5.79. The Bertz CT molecular complexity index is 856. The molecule has 0 heterocycles. The number of carbonyl (C=O) groups is 1. The Morgan fingerprint density at radius 2 is 1.24 bits per heavy atom. The van der Waals surface area contributed by atoms with Gasteiger partial charge in [0, 0.05) is 5.56 Å². The number of esters is 1. The van der Waals surface area contributed by atoms with Gasteiger partial charge in [-0.15, -0.1) is 0 Å². The topological polar surface area (TPSA) is 35.5 Å². The van der Waals surface area contributed by atoms with Crippen LogP contribution in [0.4, 0.5) is 0 Å². The second-order valence-corrected chi connectivity index (χ2v) is 5.86. The van der Waals surface area contributed by atoms with Crippen LogP contribution in [-0.2, 0) is 4.79 Å². The van der Waals surface area contributed by atoms with Crippen LogP contribution in [-0.4, -0.2) is 5.97 Å². The average Bonchev–Trinajstić information content (AvgIpc) is 2.63. The van der Waals surface area contributed by atoms with Crippen LogP contribution in [0.1, 0.15) is 22.8 Å². The van der Waals surface area contributed by atoms with Crippen LogP contribution in [0.3, 0.4) is 0 Å². The van der Waals surface area contributed by atoms with Crippen LogP contribution < -0.4 is 9.47 Å². The van der Waals surface area contributed by atoms with Crippen LogP contribution in [0, 0.1) is 13.8 Å². The molecule has 0 unspecified atom stereocenters. The normalized spacial score (nSPS) is 11.6. The predicted octanol–water partition coefficient (Wildman–Crippen LogP) is 5.03. The van der Waals surface area contributed by atoms with Gasteiger partial charge in [-0.25, -0.2) is 4.79 Å². The van der Waals surface area contributed by atoms with Crippen LogP contribution in [0.2, 0.25) is 0 Å². The second-order valence-electron chi connectivity index (χ2n) is 5.86. The smallest absolute Gasteiger partial charge is 0.357 e. The molecule has 0 aliphatic rings. The molecule has 0 N–H and O–H groups in total. The van der Waals surface area contributed by atoms with E-state index >= 15 is 0 Å². The molecule has 0 spiro atoms. The number of ether oxygens (including phenoxy) is 2. The standard InChI is InChI=1S/C22H20O3/c1-16-10-6-8-14-19(16)24-21(18-12-4-3-5-13-18)22(23)25-20-15-9-7-11-17(20)2/h3-15,21H,1-2H3/t21-/m1/s1. The largest absolute Gasteiger partial charge is 0.474 e. The van der Waals surface area contributed by atoms with Gasteiger partial charge in [-0.3, -0.25) is 0 Å². The van der Waals surface area contributed by atoms with Crippen molar-refractivity contribution < 1.29 is 14.3 Å². The molecule has 0 bridgehead atoms. The van der Waals surface area contributed by atoms with Crippen molar-refractivity contribution in [2.75, 3.05) is 0 Å². The maximum absolute atomic E-state index is 12.8. The average molecular weight is 332 g/mol. The maximum Gasteiger partial charge on any atom is 0.357 e. The Labute approximate surface area is 147 Å². The minimum absolute atomic E-state index is 0.441. The summed E-state index contributed by atoms with van der Waals surface area (Å²) in [4.78, 5) is 12.8. The fourth-order valence-electron chi connectivity index (χ4n) is 2.53. The van der Waals surface area contributed by atoms with E-state index in [9.17, 15) is 4.79 Å². The molecule has 0 amide bonds. The van der Waals surface area contributed by atoms with E-state index in [1.165, 1.54) is 0 Å². The van der Waals surface area contributed by atoms with E-state index < -0.39 is 12.1 Å². The van der Waals surface area contributed by atoms with Crippen LogP contribution in [0.25, 0.3) is 0 Å². The molecule has 3 heteroatoms. The zero-order valence-corrected chi connectivity index (χ0v) is 14.3. The Hall–Kier alpha value is -3.07. The van der Waals surface area contributed by atoms with Gasteiger partial charge in [-0.1, -0.05) is 66.7 Å². The van der Waals surface area contributed by atoms with Crippen molar-refractivity contribution in [3.63, 3.8) is 0 Å². The minimum Gasteiger partial charge on any atom is -0.474 e. The molecule has 0 fully saturated rings. The maximum atomic E-state index is 12.8. The van der Waals surface area contributed by atoms with Crippen molar-refractivity contribution in [1.29, 1.82) is 0 Å². The molecule has 126 valence electrons. The van der Waals surface area contributed by atoms with Gasteiger partial charge < -0.3 is 9.47 Å². The number of carbonyl (C=O) groups excluding carboxylic acids is 1. The van der Waals surface area contributed by atoms with E-state index in [2.05, 4.69) is 0 Å². The van der Waals surface area contributed by atoms with Crippen molar-refractivity contribution in [2.45, 2.75) is 20.0 Å². The molecular weight excluding hydrogens is 312 g/mol. The first-order chi connectivity index (χ1) is 12.1. The summed E-state index contributed by atoms with van der Waals surface area (Å²) in [6, 6.07) is 24.4. The predicted molar refractivity (Wildman–Crippen MR) is 97.8 cm³/mol. The van der Waals surface area contributed by atoms with Crippen molar-refractivity contribution >= 4 is 5.97 Å². The molecule has 0 radical (unpaired) electrons. The quantitative estimate of drug-likeness (QED) is 0.485. The van der Waals surface area contributed by atoms with Gasteiger partial charge in [0.15, 0.2) is 0 Å².